The summed E-state index contributed by atoms with van der Waals surface area (Å²) in [7, 11) is 1.72. The minimum Gasteiger partial charge on any atom is -0.496 e. The lowest BCUT2D eigenvalue weighted by atomic mass is 10.0. The van der Waals surface area contributed by atoms with Crippen LogP contribution in [0.15, 0.2) is 18.2 Å². The van der Waals surface area contributed by atoms with Crippen molar-refractivity contribution in [2.45, 2.75) is 38.6 Å². The number of hydrogen-bond acceptors (Lipinski definition) is 2. The van der Waals surface area contributed by atoms with Gasteiger partial charge in [0.05, 0.1) is 7.11 Å². The predicted molar refractivity (Wildman–Crippen MR) is 76.5 cm³/mol. The molecule has 1 N–H and O–H groups in total. The van der Waals surface area contributed by atoms with Crippen LogP contribution in [0.1, 0.15) is 31.7 Å². The largest absolute Gasteiger partial charge is 0.496 e. The molecular weight excluding hydrogens is 246 g/mol. The summed E-state index contributed by atoms with van der Waals surface area (Å²) in [5, 5.41) is 4.44. The first kappa shape index (κ1) is 13.7. The molecule has 3 heteroatoms. The molecule has 0 heterocycles. The van der Waals surface area contributed by atoms with E-state index < -0.39 is 0 Å². The molecular formula is C15H22ClNO. The Bertz CT molecular complexity index is 390. The van der Waals surface area contributed by atoms with E-state index in [1.54, 1.807) is 7.11 Å². The van der Waals surface area contributed by atoms with Crippen molar-refractivity contribution in [3.8, 4) is 5.75 Å². The van der Waals surface area contributed by atoms with Crippen molar-refractivity contribution in [1.82, 2.24) is 5.32 Å². The minimum absolute atomic E-state index is 0.567. The number of rotatable bonds is 7. The van der Waals surface area contributed by atoms with Gasteiger partial charge in [0.2, 0.25) is 0 Å². The Kier molecular flexibility index (Phi) is 4.90. The summed E-state index contributed by atoms with van der Waals surface area (Å²) in [4.78, 5) is 0. The number of methoxy groups -OCH3 is 1. The third-order valence-electron chi connectivity index (χ3n) is 3.53. The lowest BCUT2D eigenvalue weighted by molar-refractivity contribution is 0.399. The van der Waals surface area contributed by atoms with Crippen molar-refractivity contribution in [2.24, 2.45) is 5.92 Å². The van der Waals surface area contributed by atoms with Crippen LogP contribution in [0.3, 0.4) is 0 Å². The van der Waals surface area contributed by atoms with Gasteiger partial charge in [-0.1, -0.05) is 18.5 Å². The van der Waals surface area contributed by atoms with Gasteiger partial charge in [0.25, 0.3) is 0 Å². The summed E-state index contributed by atoms with van der Waals surface area (Å²) in [6.07, 6.45) is 4.89. The summed E-state index contributed by atoms with van der Waals surface area (Å²) < 4.78 is 5.42. The molecule has 0 saturated heterocycles. The van der Waals surface area contributed by atoms with Crippen molar-refractivity contribution in [2.75, 3.05) is 13.7 Å². The van der Waals surface area contributed by atoms with Crippen LogP contribution in [0.25, 0.3) is 0 Å². The van der Waals surface area contributed by atoms with Crippen molar-refractivity contribution in [1.29, 1.82) is 0 Å². The van der Waals surface area contributed by atoms with Crippen LogP contribution >= 0.6 is 11.6 Å². The predicted octanol–water partition coefficient (Wildman–Crippen LogP) is 3.67. The molecule has 1 fully saturated rings. The van der Waals surface area contributed by atoms with Gasteiger partial charge in [-0.2, -0.15) is 0 Å². The molecule has 100 valence electrons. The van der Waals surface area contributed by atoms with Crippen molar-refractivity contribution in [3.63, 3.8) is 0 Å². The molecule has 0 bridgehead atoms. The number of hydrogen-bond donors (Lipinski definition) is 1. The van der Waals surface area contributed by atoms with Gasteiger partial charge < -0.3 is 10.1 Å². The topological polar surface area (TPSA) is 21.3 Å². The summed E-state index contributed by atoms with van der Waals surface area (Å²) in [5.41, 5.74) is 1.21. The molecule has 1 aromatic carbocycles. The van der Waals surface area contributed by atoms with Crippen molar-refractivity contribution >= 4 is 11.6 Å². The number of nitrogens with one attached hydrogen (secondary N) is 1. The SMILES string of the molecule is CCCNC(Cc1cc(Cl)ccc1OC)C1CC1. The second kappa shape index (κ2) is 6.44. The first-order valence-corrected chi connectivity index (χ1v) is 7.18. The summed E-state index contributed by atoms with van der Waals surface area (Å²) in [5.74, 6) is 1.78. The van der Waals surface area contributed by atoms with E-state index in [2.05, 4.69) is 12.2 Å². The quantitative estimate of drug-likeness (QED) is 0.814. The highest BCUT2D eigenvalue weighted by atomic mass is 35.5. The molecule has 2 rings (SSSR count). The number of benzene rings is 1. The van der Waals surface area contributed by atoms with Gasteiger partial charge in [0.1, 0.15) is 5.75 Å². The molecule has 0 amide bonds. The Hall–Kier alpha value is -0.730. The number of ether oxygens (including phenoxy) is 1. The van der Waals surface area contributed by atoms with Gasteiger partial charge in [0, 0.05) is 11.1 Å². The molecule has 1 unspecified atom stereocenters. The van der Waals surface area contributed by atoms with E-state index >= 15 is 0 Å². The van der Waals surface area contributed by atoms with E-state index in [0.717, 1.165) is 29.7 Å². The Labute approximate surface area is 115 Å². The summed E-state index contributed by atoms with van der Waals surface area (Å²) in [6.45, 7) is 3.29. The van der Waals surface area contributed by atoms with E-state index in [1.165, 1.54) is 24.8 Å². The van der Waals surface area contributed by atoms with E-state index in [9.17, 15) is 0 Å². The van der Waals surface area contributed by atoms with Crippen LogP contribution < -0.4 is 10.1 Å². The van der Waals surface area contributed by atoms with Gasteiger partial charge in [-0.3, -0.25) is 0 Å². The van der Waals surface area contributed by atoms with Crippen LogP contribution in [0.2, 0.25) is 5.02 Å². The van der Waals surface area contributed by atoms with Gasteiger partial charge in [-0.15, -0.1) is 0 Å². The third-order valence-corrected chi connectivity index (χ3v) is 3.76. The van der Waals surface area contributed by atoms with Crippen molar-refractivity contribution in [3.05, 3.63) is 28.8 Å². The molecule has 1 aliphatic carbocycles. The second-order valence-electron chi connectivity index (χ2n) is 5.06. The highest BCUT2D eigenvalue weighted by molar-refractivity contribution is 6.30. The van der Waals surface area contributed by atoms with Gasteiger partial charge in [-0.25, -0.2) is 0 Å². The van der Waals surface area contributed by atoms with Gasteiger partial charge >= 0.3 is 0 Å². The van der Waals surface area contributed by atoms with Crippen LogP contribution in [0, 0.1) is 5.92 Å². The maximum atomic E-state index is 6.08. The first-order valence-electron chi connectivity index (χ1n) is 6.80. The smallest absolute Gasteiger partial charge is 0.122 e. The zero-order valence-electron chi connectivity index (χ0n) is 11.2. The zero-order valence-corrected chi connectivity index (χ0v) is 12.0. The molecule has 2 nitrogen and oxygen atoms in total. The molecule has 1 saturated carbocycles. The van der Waals surface area contributed by atoms with Crippen LogP contribution in [-0.4, -0.2) is 19.7 Å². The van der Waals surface area contributed by atoms with Gasteiger partial charge in [-0.05, 0) is 61.9 Å². The average molecular weight is 268 g/mol. The number of halogens is 1. The highest BCUT2D eigenvalue weighted by Crippen LogP contribution is 2.35. The summed E-state index contributed by atoms with van der Waals surface area (Å²) >= 11 is 6.08. The molecule has 0 aromatic heterocycles. The average Bonchev–Trinajstić information content (AvgIpc) is 3.19. The van der Waals surface area contributed by atoms with E-state index in [0.29, 0.717) is 6.04 Å². The van der Waals surface area contributed by atoms with Crippen LogP contribution in [0.4, 0.5) is 0 Å². The summed E-state index contributed by atoms with van der Waals surface area (Å²) in [6, 6.07) is 6.44. The molecule has 1 aliphatic rings. The fourth-order valence-corrected chi connectivity index (χ4v) is 2.57. The molecule has 0 aliphatic heterocycles. The maximum Gasteiger partial charge on any atom is 0.122 e. The Morgan fingerprint density at radius 1 is 1.44 bits per heavy atom. The fraction of sp³-hybridized carbons (Fsp3) is 0.600. The lowest BCUT2D eigenvalue weighted by Gasteiger charge is -2.19. The zero-order chi connectivity index (χ0) is 13.0. The maximum absolute atomic E-state index is 6.08. The fourth-order valence-electron chi connectivity index (χ4n) is 2.38. The first-order chi connectivity index (χ1) is 8.74. The third kappa shape index (κ3) is 3.63. The van der Waals surface area contributed by atoms with E-state index in [1.807, 2.05) is 18.2 Å². The second-order valence-corrected chi connectivity index (χ2v) is 5.49. The molecule has 0 radical (unpaired) electrons. The monoisotopic (exact) mass is 267 g/mol. The Morgan fingerprint density at radius 2 is 2.22 bits per heavy atom. The van der Waals surface area contributed by atoms with Crippen LogP contribution in [-0.2, 0) is 6.42 Å². The molecule has 18 heavy (non-hydrogen) atoms. The minimum atomic E-state index is 0.567. The van der Waals surface area contributed by atoms with Crippen LogP contribution in [0.5, 0.6) is 5.75 Å². The molecule has 1 aromatic rings. The standard InChI is InChI=1S/C15H22ClNO/c1-3-8-17-14(11-4-5-11)10-12-9-13(16)6-7-15(12)18-2/h6-7,9,11,14,17H,3-5,8,10H2,1-2H3. The van der Waals surface area contributed by atoms with Gasteiger partial charge in [0.15, 0.2) is 0 Å². The lowest BCUT2D eigenvalue weighted by Crippen LogP contribution is -2.33. The Balaban J connectivity index is 2.07. The normalized spacial score (nSPS) is 16.6. The van der Waals surface area contributed by atoms with E-state index in [4.69, 9.17) is 16.3 Å². The molecule has 1 atom stereocenters. The van der Waals surface area contributed by atoms with E-state index in [-0.39, 0.29) is 0 Å². The van der Waals surface area contributed by atoms with Crippen molar-refractivity contribution < 1.29 is 4.74 Å². The Morgan fingerprint density at radius 3 is 2.83 bits per heavy atom. The molecule has 0 spiro atoms. The highest BCUT2D eigenvalue weighted by Gasteiger charge is 2.31.